The lowest BCUT2D eigenvalue weighted by Gasteiger charge is -2.12. The lowest BCUT2D eigenvalue weighted by Crippen LogP contribution is -2.24. The zero-order valence-corrected chi connectivity index (χ0v) is 13.3. The molecule has 2 aromatic rings. The summed E-state index contributed by atoms with van der Waals surface area (Å²) in [7, 11) is 0. The Bertz CT molecular complexity index is 638. The summed E-state index contributed by atoms with van der Waals surface area (Å²) < 4.78 is 0. The summed E-state index contributed by atoms with van der Waals surface area (Å²) in [4.78, 5) is 20.3. The molecule has 0 saturated heterocycles. The fraction of sp³-hybridized carbons (Fsp3) is 0.353. The zero-order valence-electron chi connectivity index (χ0n) is 13.3. The SMILES string of the molecule is CCCNC(=O)c1cnc(Nc2c(C)cccc2CC)nc1. The third kappa shape index (κ3) is 3.81. The second-order valence-corrected chi connectivity index (χ2v) is 5.14. The van der Waals surface area contributed by atoms with Gasteiger partial charge in [-0.3, -0.25) is 4.79 Å². The average Bonchev–Trinajstić information content (AvgIpc) is 2.55. The highest BCUT2D eigenvalue weighted by atomic mass is 16.1. The highest BCUT2D eigenvalue weighted by Gasteiger charge is 2.08. The van der Waals surface area contributed by atoms with Gasteiger partial charge in [-0.2, -0.15) is 0 Å². The lowest BCUT2D eigenvalue weighted by atomic mass is 10.1. The minimum absolute atomic E-state index is 0.140. The van der Waals surface area contributed by atoms with Gasteiger partial charge in [0.05, 0.1) is 5.56 Å². The Hall–Kier alpha value is -2.43. The summed E-state index contributed by atoms with van der Waals surface area (Å²) in [6, 6.07) is 6.18. The van der Waals surface area contributed by atoms with Crippen molar-refractivity contribution in [1.29, 1.82) is 0 Å². The predicted molar refractivity (Wildman–Crippen MR) is 88.5 cm³/mol. The van der Waals surface area contributed by atoms with Crippen molar-refractivity contribution in [2.75, 3.05) is 11.9 Å². The molecular formula is C17H22N4O. The van der Waals surface area contributed by atoms with Crippen LogP contribution in [0.1, 0.15) is 41.8 Å². The molecule has 0 spiro atoms. The number of rotatable bonds is 6. The van der Waals surface area contributed by atoms with Crippen LogP contribution in [-0.2, 0) is 6.42 Å². The van der Waals surface area contributed by atoms with E-state index >= 15 is 0 Å². The fourth-order valence-corrected chi connectivity index (χ4v) is 2.16. The fourth-order valence-electron chi connectivity index (χ4n) is 2.16. The van der Waals surface area contributed by atoms with E-state index in [2.05, 4.69) is 33.6 Å². The van der Waals surface area contributed by atoms with Gasteiger partial charge in [-0.05, 0) is 30.9 Å². The Labute approximate surface area is 131 Å². The van der Waals surface area contributed by atoms with Gasteiger partial charge in [0.25, 0.3) is 5.91 Å². The summed E-state index contributed by atoms with van der Waals surface area (Å²) in [5.41, 5.74) is 3.87. The Morgan fingerprint density at radius 3 is 2.55 bits per heavy atom. The number of para-hydroxylation sites is 1. The summed E-state index contributed by atoms with van der Waals surface area (Å²) in [5.74, 6) is 0.356. The van der Waals surface area contributed by atoms with Crippen molar-refractivity contribution in [3.05, 3.63) is 47.3 Å². The molecule has 5 nitrogen and oxygen atoms in total. The van der Waals surface area contributed by atoms with E-state index in [4.69, 9.17) is 0 Å². The summed E-state index contributed by atoms with van der Waals surface area (Å²) >= 11 is 0. The van der Waals surface area contributed by atoms with E-state index in [1.165, 1.54) is 5.56 Å². The first-order valence-corrected chi connectivity index (χ1v) is 7.61. The van der Waals surface area contributed by atoms with Crippen molar-refractivity contribution in [1.82, 2.24) is 15.3 Å². The molecule has 1 amide bonds. The number of nitrogens with zero attached hydrogens (tertiary/aromatic N) is 2. The smallest absolute Gasteiger partial charge is 0.254 e. The molecule has 5 heteroatoms. The van der Waals surface area contributed by atoms with Crippen LogP contribution < -0.4 is 10.6 Å². The van der Waals surface area contributed by atoms with Crippen molar-refractivity contribution in [3.8, 4) is 0 Å². The first-order chi connectivity index (χ1) is 10.7. The van der Waals surface area contributed by atoms with Crippen LogP contribution in [0.15, 0.2) is 30.6 Å². The van der Waals surface area contributed by atoms with Gasteiger partial charge in [0.15, 0.2) is 0 Å². The molecule has 2 N–H and O–H groups in total. The van der Waals surface area contributed by atoms with Crippen molar-refractivity contribution in [3.63, 3.8) is 0 Å². The highest BCUT2D eigenvalue weighted by molar-refractivity contribution is 5.93. The predicted octanol–water partition coefficient (Wildman–Crippen LogP) is 3.23. The Balaban J connectivity index is 2.14. The number of aryl methyl sites for hydroxylation is 2. The number of carbonyl (C=O) groups is 1. The number of benzene rings is 1. The first-order valence-electron chi connectivity index (χ1n) is 7.61. The van der Waals surface area contributed by atoms with Crippen LogP contribution in [0.5, 0.6) is 0 Å². The second-order valence-electron chi connectivity index (χ2n) is 5.14. The van der Waals surface area contributed by atoms with Crippen molar-refractivity contribution < 1.29 is 4.79 Å². The Morgan fingerprint density at radius 2 is 1.91 bits per heavy atom. The van der Waals surface area contributed by atoms with Crippen LogP contribution in [-0.4, -0.2) is 22.4 Å². The first kappa shape index (κ1) is 15.9. The van der Waals surface area contributed by atoms with E-state index in [1.54, 1.807) is 12.4 Å². The van der Waals surface area contributed by atoms with Crippen LogP contribution in [0.4, 0.5) is 11.6 Å². The van der Waals surface area contributed by atoms with Gasteiger partial charge in [0, 0.05) is 24.6 Å². The molecular weight excluding hydrogens is 276 g/mol. The summed E-state index contributed by atoms with van der Waals surface area (Å²) in [5, 5.41) is 6.05. The zero-order chi connectivity index (χ0) is 15.9. The largest absolute Gasteiger partial charge is 0.352 e. The van der Waals surface area contributed by atoms with Crippen molar-refractivity contribution in [2.24, 2.45) is 0 Å². The molecule has 0 aliphatic heterocycles. The standard InChI is InChI=1S/C17H22N4O/c1-4-9-18-16(22)14-10-19-17(20-11-14)21-15-12(3)7-6-8-13(15)5-2/h6-8,10-11H,4-5,9H2,1-3H3,(H,18,22)(H,19,20,21). The van der Waals surface area contributed by atoms with Gasteiger partial charge >= 0.3 is 0 Å². The van der Waals surface area contributed by atoms with E-state index in [1.807, 2.05) is 26.0 Å². The molecule has 0 fully saturated rings. The van der Waals surface area contributed by atoms with Crippen LogP contribution in [0, 0.1) is 6.92 Å². The summed E-state index contributed by atoms with van der Waals surface area (Å²) in [6.07, 6.45) is 4.93. The maximum atomic E-state index is 11.8. The molecule has 2 rings (SSSR count). The number of anilines is 2. The van der Waals surface area contributed by atoms with E-state index in [-0.39, 0.29) is 5.91 Å². The molecule has 0 aliphatic rings. The average molecular weight is 298 g/mol. The van der Waals surface area contributed by atoms with Gasteiger partial charge < -0.3 is 10.6 Å². The minimum atomic E-state index is -0.140. The third-order valence-corrected chi connectivity index (χ3v) is 3.43. The van der Waals surface area contributed by atoms with Crippen LogP contribution in [0.2, 0.25) is 0 Å². The normalized spacial score (nSPS) is 10.3. The highest BCUT2D eigenvalue weighted by Crippen LogP contribution is 2.23. The van der Waals surface area contributed by atoms with E-state index in [0.29, 0.717) is 18.1 Å². The molecule has 0 atom stereocenters. The van der Waals surface area contributed by atoms with Crippen LogP contribution >= 0.6 is 0 Å². The maximum absolute atomic E-state index is 11.8. The molecule has 0 unspecified atom stereocenters. The van der Waals surface area contributed by atoms with E-state index in [0.717, 1.165) is 24.1 Å². The quantitative estimate of drug-likeness (QED) is 0.859. The number of amides is 1. The topological polar surface area (TPSA) is 66.9 Å². The molecule has 0 aliphatic carbocycles. The molecule has 1 aromatic heterocycles. The van der Waals surface area contributed by atoms with Gasteiger partial charge in [0.2, 0.25) is 5.95 Å². The Kier molecular flexibility index (Phi) is 5.47. The number of carbonyl (C=O) groups excluding carboxylic acids is 1. The third-order valence-electron chi connectivity index (χ3n) is 3.43. The molecule has 0 saturated carbocycles. The molecule has 1 aromatic carbocycles. The number of nitrogens with one attached hydrogen (secondary N) is 2. The molecule has 0 bridgehead atoms. The van der Waals surface area contributed by atoms with Gasteiger partial charge in [-0.25, -0.2) is 9.97 Å². The minimum Gasteiger partial charge on any atom is -0.352 e. The van der Waals surface area contributed by atoms with Gasteiger partial charge in [0.1, 0.15) is 0 Å². The van der Waals surface area contributed by atoms with Crippen LogP contribution in [0.25, 0.3) is 0 Å². The Morgan fingerprint density at radius 1 is 1.18 bits per heavy atom. The molecule has 22 heavy (non-hydrogen) atoms. The lowest BCUT2D eigenvalue weighted by molar-refractivity contribution is 0.0953. The van der Waals surface area contributed by atoms with Crippen molar-refractivity contribution >= 4 is 17.5 Å². The molecule has 116 valence electrons. The second kappa shape index (κ2) is 7.54. The number of aromatic nitrogens is 2. The molecule has 1 heterocycles. The van der Waals surface area contributed by atoms with E-state index < -0.39 is 0 Å². The van der Waals surface area contributed by atoms with E-state index in [9.17, 15) is 4.79 Å². The van der Waals surface area contributed by atoms with Crippen LogP contribution in [0.3, 0.4) is 0 Å². The number of hydrogen-bond donors (Lipinski definition) is 2. The van der Waals surface area contributed by atoms with Crippen molar-refractivity contribution in [2.45, 2.75) is 33.6 Å². The molecule has 0 radical (unpaired) electrons. The van der Waals surface area contributed by atoms with Gasteiger partial charge in [-0.15, -0.1) is 0 Å². The summed E-state index contributed by atoms with van der Waals surface area (Å²) in [6.45, 7) is 6.83. The van der Waals surface area contributed by atoms with Gasteiger partial charge in [-0.1, -0.05) is 32.0 Å². The monoisotopic (exact) mass is 298 g/mol. The maximum Gasteiger partial charge on any atom is 0.254 e. The number of hydrogen-bond acceptors (Lipinski definition) is 4.